The first-order chi connectivity index (χ1) is 6.11. The molecular formula is C10H20N2O. The fraction of sp³-hybridized carbons (Fsp3) is 0.700. The molecule has 76 valence electrons. The van der Waals surface area contributed by atoms with E-state index in [1.807, 2.05) is 0 Å². The average Bonchev–Trinajstić information content (AvgIpc) is 2.13. The van der Waals surface area contributed by atoms with Gasteiger partial charge in [-0.15, -0.1) is 6.58 Å². The SMILES string of the molecule is C=CCC(N)C(=O)NCC(C)CC. The number of hydrogen-bond acceptors (Lipinski definition) is 2. The van der Waals surface area contributed by atoms with Gasteiger partial charge in [0.25, 0.3) is 0 Å². The summed E-state index contributed by atoms with van der Waals surface area (Å²) < 4.78 is 0. The van der Waals surface area contributed by atoms with Gasteiger partial charge >= 0.3 is 0 Å². The molecule has 3 nitrogen and oxygen atoms in total. The Hall–Kier alpha value is -0.830. The van der Waals surface area contributed by atoms with Gasteiger partial charge in [-0.05, 0) is 12.3 Å². The molecule has 1 amide bonds. The molecule has 3 N–H and O–H groups in total. The quantitative estimate of drug-likeness (QED) is 0.606. The van der Waals surface area contributed by atoms with Crippen molar-refractivity contribution in [2.24, 2.45) is 11.7 Å². The van der Waals surface area contributed by atoms with E-state index in [0.717, 1.165) is 6.42 Å². The number of nitrogens with two attached hydrogens (primary N) is 1. The maximum Gasteiger partial charge on any atom is 0.237 e. The summed E-state index contributed by atoms with van der Waals surface area (Å²) in [7, 11) is 0. The fourth-order valence-corrected chi connectivity index (χ4v) is 0.837. The van der Waals surface area contributed by atoms with Gasteiger partial charge in [0.15, 0.2) is 0 Å². The first-order valence-corrected chi connectivity index (χ1v) is 4.76. The molecule has 0 spiro atoms. The Labute approximate surface area is 80.4 Å². The zero-order valence-electron chi connectivity index (χ0n) is 8.55. The summed E-state index contributed by atoms with van der Waals surface area (Å²) in [5, 5.41) is 2.81. The first kappa shape index (κ1) is 12.2. The van der Waals surface area contributed by atoms with Crippen molar-refractivity contribution in [1.29, 1.82) is 0 Å². The van der Waals surface area contributed by atoms with E-state index in [4.69, 9.17) is 5.73 Å². The lowest BCUT2D eigenvalue weighted by atomic mass is 10.1. The van der Waals surface area contributed by atoms with E-state index in [2.05, 4.69) is 25.7 Å². The fourth-order valence-electron chi connectivity index (χ4n) is 0.837. The lowest BCUT2D eigenvalue weighted by molar-refractivity contribution is -0.122. The highest BCUT2D eigenvalue weighted by Gasteiger charge is 2.11. The van der Waals surface area contributed by atoms with E-state index in [0.29, 0.717) is 18.9 Å². The van der Waals surface area contributed by atoms with Crippen molar-refractivity contribution < 1.29 is 4.79 Å². The van der Waals surface area contributed by atoms with E-state index in [1.165, 1.54) is 0 Å². The van der Waals surface area contributed by atoms with Crippen molar-refractivity contribution in [3.05, 3.63) is 12.7 Å². The summed E-state index contributed by atoms with van der Waals surface area (Å²) in [4.78, 5) is 11.3. The van der Waals surface area contributed by atoms with Gasteiger partial charge in [-0.25, -0.2) is 0 Å². The molecule has 0 radical (unpaired) electrons. The van der Waals surface area contributed by atoms with Gasteiger partial charge in [-0.3, -0.25) is 4.79 Å². The predicted molar refractivity (Wildman–Crippen MR) is 55.3 cm³/mol. The van der Waals surface area contributed by atoms with Crippen LogP contribution in [0, 0.1) is 5.92 Å². The van der Waals surface area contributed by atoms with E-state index in [9.17, 15) is 4.79 Å². The van der Waals surface area contributed by atoms with E-state index in [1.54, 1.807) is 6.08 Å². The maximum absolute atomic E-state index is 11.3. The van der Waals surface area contributed by atoms with Crippen LogP contribution < -0.4 is 11.1 Å². The van der Waals surface area contributed by atoms with Gasteiger partial charge in [0.2, 0.25) is 5.91 Å². The van der Waals surface area contributed by atoms with E-state index < -0.39 is 6.04 Å². The van der Waals surface area contributed by atoms with Crippen molar-refractivity contribution in [1.82, 2.24) is 5.32 Å². The summed E-state index contributed by atoms with van der Waals surface area (Å²) in [6, 6.07) is -0.443. The van der Waals surface area contributed by atoms with Crippen LogP contribution in [-0.4, -0.2) is 18.5 Å². The van der Waals surface area contributed by atoms with Crippen molar-refractivity contribution in [2.75, 3.05) is 6.54 Å². The molecule has 0 aromatic rings. The number of amides is 1. The van der Waals surface area contributed by atoms with E-state index in [-0.39, 0.29) is 5.91 Å². The molecule has 0 saturated carbocycles. The lowest BCUT2D eigenvalue weighted by Crippen LogP contribution is -2.41. The van der Waals surface area contributed by atoms with Gasteiger partial charge in [0.1, 0.15) is 0 Å². The van der Waals surface area contributed by atoms with Gasteiger partial charge in [-0.1, -0.05) is 26.3 Å². The second-order valence-corrected chi connectivity index (χ2v) is 3.39. The number of nitrogens with one attached hydrogen (secondary N) is 1. The molecule has 0 fully saturated rings. The largest absolute Gasteiger partial charge is 0.354 e. The van der Waals surface area contributed by atoms with Crippen molar-refractivity contribution in [2.45, 2.75) is 32.7 Å². The smallest absolute Gasteiger partial charge is 0.237 e. The standard InChI is InChI=1S/C10H20N2O/c1-4-6-9(11)10(13)12-7-8(3)5-2/h4,8-9H,1,5-7,11H2,2-3H3,(H,12,13). The molecule has 0 aliphatic heterocycles. The van der Waals surface area contributed by atoms with Crippen LogP contribution in [0.2, 0.25) is 0 Å². The second kappa shape index (κ2) is 6.66. The summed E-state index contributed by atoms with van der Waals surface area (Å²) in [5.41, 5.74) is 5.57. The van der Waals surface area contributed by atoms with Crippen molar-refractivity contribution in [3.8, 4) is 0 Å². The highest BCUT2D eigenvalue weighted by atomic mass is 16.2. The summed E-state index contributed by atoms with van der Waals surface area (Å²) in [6.07, 6.45) is 3.26. The Morgan fingerprint density at radius 3 is 2.77 bits per heavy atom. The average molecular weight is 184 g/mol. The molecule has 0 heterocycles. The van der Waals surface area contributed by atoms with Crippen molar-refractivity contribution in [3.63, 3.8) is 0 Å². The molecule has 0 aliphatic rings. The van der Waals surface area contributed by atoms with Gasteiger partial charge in [-0.2, -0.15) is 0 Å². The Morgan fingerprint density at radius 2 is 2.31 bits per heavy atom. The Kier molecular flexibility index (Phi) is 6.24. The van der Waals surface area contributed by atoms with Crippen molar-refractivity contribution >= 4 is 5.91 Å². The van der Waals surface area contributed by atoms with Crippen LogP contribution in [0.5, 0.6) is 0 Å². The van der Waals surface area contributed by atoms with Crippen LogP contribution in [0.4, 0.5) is 0 Å². The lowest BCUT2D eigenvalue weighted by Gasteiger charge is -2.13. The number of hydrogen-bond donors (Lipinski definition) is 2. The molecular weight excluding hydrogens is 164 g/mol. The summed E-state index contributed by atoms with van der Waals surface area (Å²) >= 11 is 0. The zero-order valence-corrected chi connectivity index (χ0v) is 8.55. The Morgan fingerprint density at radius 1 is 1.69 bits per heavy atom. The van der Waals surface area contributed by atoms with Gasteiger partial charge < -0.3 is 11.1 Å². The minimum absolute atomic E-state index is 0.0831. The van der Waals surface area contributed by atoms with E-state index >= 15 is 0 Å². The monoisotopic (exact) mass is 184 g/mol. The molecule has 2 unspecified atom stereocenters. The molecule has 0 aliphatic carbocycles. The molecule has 13 heavy (non-hydrogen) atoms. The van der Waals surface area contributed by atoms with Crippen LogP contribution in [0.1, 0.15) is 26.7 Å². The summed E-state index contributed by atoms with van der Waals surface area (Å²) in [6.45, 7) is 8.44. The highest BCUT2D eigenvalue weighted by Crippen LogP contribution is 1.97. The minimum atomic E-state index is -0.443. The van der Waals surface area contributed by atoms with Crippen LogP contribution >= 0.6 is 0 Å². The van der Waals surface area contributed by atoms with Crippen LogP contribution in [0.3, 0.4) is 0 Å². The molecule has 0 rings (SSSR count). The predicted octanol–water partition coefficient (Wildman–Crippen LogP) is 1.05. The molecule has 0 bridgehead atoms. The third-order valence-corrected chi connectivity index (χ3v) is 2.08. The number of carbonyl (C=O) groups is 1. The third kappa shape index (κ3) is 5.42. The molecule has 3 heteroatoms. The zero-order chi connectivity index (χ0) is 10.3. The normalized spacial score (nSPS) is 14.7. The van der Waals surface area contributed by atoms with Gasteiger partial charge in [0.05, 0.1) is 6.04 Å². The van der Waals surface area contributed by atoms with Crippen LogP contribution in [0.25, 0.3) is 0 Å². The number of rotatable bonds is 6. The minimum Gasteiger partial charge on any atom is -0.354 e. The Balaban J connectivity index is 3.67. The molecule has 0 aromatic carbocycles. The highest BCUT2D eigenvalue weighted by molar-refractivity contribution is 5.81. The van der Waals surface area contributed by atoms with Crippen LogP contribution in [0.15, 0.2) is 12.7 Å². The Bertz CT molecular complexity index is 168. The molecule has 0 saturated heterocycles. The molecule has 0 aromatic heterocycles. The topological polar surface area (TPSA) is 55.1 Å². The number of carbonyl (C=O) groups excluding carboxylic acids is 1. The van der Waals surface area contributed by atoms with Crippen LogP contribution in [-0.2, 0) is 4.79 Å². The first-order valence-electron chi connectivity index (χ1n) is 4.76. The second-order valence-electron chi connectivity index (χ2n) is 3.39. The summed E-state index contributed by atoms with van der Waals surface area (Å²) in [5.74, 6) is 0.431. The third-order valence-electron chi connectivity index (χ3n) is 2.08. The maximum atomic E-state index is 11.3. The molecule has 2 atom stereocenters. The van der Waals surface area contributed by atoms with Gasteiger partial charge in [0, 0.05) is 6.54 Å².